The highest BCUT2D eigenvalue weighted by molar-refractivity contribution is 6.33. The lowest BCUT2D eigenvalue weighted by Crippen LogP contribution is -2.22. The maximum Gasteiger partial charge on any atom is 0.306 e. The Morgan fingerprint density at radius 2 is 1.95 bits per heavy atom. The maximum absolute atomic E-state index is 11.8. The molecule has 4 nitrogen and oxygen atoms in total. The molecule has 0 aliphatic heterocycles. The second-order valence-corrected chi connectivity index (χ2v) is 5.16. The van der Waals surface area contributed by atoms with Crippen molar-refractivity contribution >= 4 is 29.2 Å². The van der Waals surface area contributed by atoms with Crippen molar-refractivity contribution in [2.75, 3.05) is 5.32 Å². The Kier molecular flexibility index (Phi) is 5.83. The fourth-order valence-electron chi connectivity index (χ4n) is 1.80. The SMILES string of the molecule is CC(C)[C@H](CCC(=O)Nc1ccccc1Cl)C(=O)O. The quantitative estimate of drug-likeness (QED) is 0.841. The standard InChI is InChI=1S/C14H18ClNO3/c1-9(2)10(14(18)19)7-8-13(17)16-12-6-4-3-5-11(12)15/h3-6,9-10H,7-8H2,1-2H3,(H,16,17)(H,18,19)/t10-/m0/s1. The predicted molar refractivity (Wildman–Crippen MR) is 75.3 cm³/mol. The van der Waals surface area contributed by atoms with Crippen molar-refractivity contribution in [2.45, 2.75) is 26.7 Å². The summed E-state index contributed by atoms with van der Waals surface area (Å²) >= 11 is 5.92. The summed E-state index contributed by atoms with van der Waals surface area (Å²) < 4.78 is 0. The molecule has 0 radical (unpaired) electrons. The number of rotatable bonds is 6. The molecule has 5 heteroatoms. The van der Waals surface area contributed by atoms with Crippen LogP contribution < -0.4 is 5.32 Å². The lowest BCUT2D eigenvalue weighted by molar-refractivity contribution is -0.143. The number of hydrogen-bond donors (Lipinski definition) is 2. The Labute approximate surface area is 117 Å². The third kappa shape index (κ3) is 4.91. The van der Waals surface area contributed by atoms with Crippen LogP contribution >= 0.6 is 11.6 Å². The molecule has 0 spiro atoms. The largest absolute Gasteiger partial charge is 0.481 e. The first kappa shape index (κ1) is 15.5. The van der Waals surface area contributed by atoms with Gasteiger partial charge in [0.25, 0.3) is 0 Å². The van der Waals surface area contributed by atoms with Crippen LogP contribution in [0.2, 0.25) is 5.02 Å². The van der Waals surface area contributed by atoms with Crippen LogP contribution in [-0.4, -0.2) is 17.0 Å². The minimum atomic E-state index is -0.861. The Morgan fingerprint density at radius 3 is 2.47 bits per heavy atom. The van der Waals surface area contributed by atoms with E-state index in [0.717, 1.165) is 0 Å². The summed E-state index contributed by atoms with van der Waals surface area (Å²) in [4.78, 5) is 22.8. The number of halogens is 1. The monoisotopic (exact) mass is 283 g/mol. The molecule has 1 aromatic rings. The van der Waals surface area contributed by atoms with Crippen LogP contribution in [0.15, 0.2) is 24.3 Å². The van der Waals surface area contributed by atoms with Gasteiger partial charge >= 0.3 is 5.97 Å². The number of nitrogens with one attached hydrogen (secondary N) is 1. The molecular weight excluding hydrogens is 266 g/mol. The highest BCUT2D eigenvalue weighted by Crippen LogP contribution is 2.22. The van der Waals surface area contributed by atoms with E-state index in [1.54, 1.807) is 24.3 Å². The average molecular weight is 284 g/mol. The minimum absolute atomic E-state index is 0.00520. The molecule has 0 saturated carbocycles. The summed E-state index contributed by atoms with van der Waals surface area (Å²) in [7, 11) is 0. The number of carboxylic acid groups (broad SMARTS) is 1. The number of anilines is 1. The van der Waals surface area contributed by atoms with E-state index >= 15 is 0 Å². The second-order valence-electron chi connectivity index (χ2n) is 4.76. The molecule has 104 valence electrons. The topological polar surface area (TPSA) is 66.4 Å². The summed E-state index contributed by atoms with van der Waals surface area (Å²) in [6.45, 7) is 3.68. The fourth-order valence-corrected chi connectivity index (χ4v) is 1.99. The van der Waals surface area contributed by atoms with E-state index in [4.69, 9.17) is 16.7 Å². The molecule has 0 bridgehead atoms. The molecule has 0 aliphatic rings. The van der Waals surface area contributed by atoms with Crippen LogP contribution in [0.3, 0.4) is 0 Å². The highest BCUT2D eigenvalue weighted by Gasteiger charge is 2.22. The van der Waals surface area contributed by atoms with Gasteiger partial charge in [-0.25, -0.2) is 0 Å². The number of carboxylic acids is 1. The van der Waals surface area contributed by atoms with Crippen LogP contribution in [0.1, 0.15) is 26.7 Å². The van der Waals surface area contributed by atoms with E-state index in [0.29, 0.717) is 17.1 Å². The first-order chi connectivity index (χ1) is 8.91. The van der Waals surface area contributed by atoms with Gasteiger partial charge in [0.15, 0.2) is 0 Å². The average Bonchev–Trinajstić information content (AvgIpc) is 2.31. The number of amides is 1. The lowest BCUT2D eigenvalue weighted by atomic mass is 9.91. The van der Waals surface area contributed by atoms with Crippen LogP contribution in [-0.2, 0) is 9.59 Å². The minimum Gasteiger partial charge on any atom is -0.481 e. The van der Waals surface area contributed by atoms with Crippen molar-refractivity contribution in [3.8, 4) is 0 Å². The lowest BCUT2D eigenvalue weighted by Gasteiger charge is -2.15. The van der Waals surface area contributed by atoms with E-state index in [9.17, 15) is 9.59 Å². The summed E-state index contributed by atoms with van der Waals surface area (Å²) in [5, 5.41) is 12.2. The molecule has 0 aromatic heterocycles. The van der Waals surface area contributed by atoms with E-state index in [1.165, 1.54) is 0 Å². The molecule has 0 fully saturated rings. The van der Waals surface area contributed by atoms with Gasteiger partial charge in [0.2, 0.25) is 5.91 Å². The fraction of sp³-hybridized carbons (Fsp3) is 0.429. The van der Waals surface area contributed by atoms with E-state index in [-0.39, 0.29) is 18.2 Å². The van der Waals surface area contributed by atoms with Gasteiger partial charge < -0.3 is 10.4 Å². The van der Waals surface area contributed by atoms with E-state index < -0.39 is 11.9 Å². The van der Waals surface area contributed by atoms with Crippen LogP contribution in [0, 0.1) is 11.8 Å². The zero-order chi connectivity index (χ0) is 14.4. The zero-order valence-electron chi connectivity index (χ0n) is 11.0. The van der Waals surface area contributed by atoms with Crippen molar-refractivity contribution in [3.63, 3.8) is 0 Å². The summed E-state index contributed by atoms with van der Waals surface area (Å²) in [6.07, 6.45) is 0.490. The van der Waals surface area contributed by atoms with Crippen LogP contribution in [0.25, 0.3) is 0 Å². The second kappa shape index (κ2) is 7.14. The number of para-hydroxylation sites is 1. The van der Waals surface area contributed by atoms with Crippen molar-refractivity contribution in [3.05, 3.63) is 29.3 Å². The number of benzene rings is 1. The van der Waals surface area contributed by atoms with Gasteiger partial charge in [-0.05, 0) is 24.5 Å². The molecule has 0 aliphatic carbocycles. The zero-order valence-corrected chi connectivity index (χ0v) is 11.8. The van der Waals surface area contributed by atoms with Gasteiger partial charge in [-0.3, -0.25) is 9.59 Å². The van der Waals surface area contributed by atoms with Gasteiger partial charge in [0.05, 0.1) is 16.6 Å². The number of carbonyl (C=O) groups is 2. The number of aliphatic carboxylic acids is 1. The first-order valence-electron chi connectivity index (χ1n) is 6.19. The first-order valence-corrected chi connectivity index (χ1v) is 6.56. The Balaban J connectivity index is 2.52. The molecule has 1 rings (SSSR count). The molecule has 19 heavy (non-hydrogen) atoms. The molecule has 1 amide bonds. The van der Waals surface area contributed by atoms with Gasteiger partial charge in [-0.15, -0.1) is 0 Å². The predicted octanol–water partition coefficient (Wildman–Crippen LogP) is 3.42. The smallest absolute Gasteiger partial charge is 0.306 e. The van der Waals surface area contributed by atoms with Crippen molar-refractivity contribution in [2.24, 2.45) is 11.8 Å². The van der Waals surface area contributed by atoms with E-state index in [1.807, 2.05) is 13.8 Å². The number of carbonyl (C=O) groups excluding carboxylic acids is 1. The maximum atomic E-state index is 11.8. The Morgan fingerprint density at radius 1 is 1.32 bits per heavy atom. The van der Waals surface area contributed by atoms with E-state index in [2.05, 4.69) is 5.32 Å². The molecule has 2 N–H and O–H groups in total. The highest BCUT2D eigenvalue weighted by atomic mass is 35.5. The summed E-state index contributed by atoms with van der Waals surface area (Å²) in [6, 6.07) is 6.94. The van der Waals surface area contributed by atoms with Crippen LogP contribution in [0.5, 0.6) is 0 Å². The molecule has 0 unspecified atom stereocenters. The third-order valence-corrected chi connectivity index (χ3v) is 3.28. The van der Waals surface area contributed by atoms with Gasteiger partial charge in [-0.2, -0.15) is 0 Å². The van der Waals surface area contributed by atoms with Crippen molar-refractivity contribution in [1.29, 1.82) is 0 Å². The molecule has 0 heterocycles. The van der Waals surface area contributed by atoms with Crippen molar-refractivity contribution < 1.29 is 14.7 Å². The molecule has 1 aromatic carbocycles. The third-order valence-electron chi connectivity index (χ3n) is 2.95. The summed E-state index contributed by atoms with van der Waals surface area (Å²) in [5.74, 6) is -1.58. The molecular formula is C14H18ClNO3. The molecule has 0 saturated heterocycles. The number of hydrogen-bond acceptors (Lipinski definition) is 2. The Bertz CT molecular complexity index is 460. The van der Waals surface area contributed by atoms with Crippen molar-refractivity contribution in [1.82, 2.24) is 0 Å². The van der Waals surface area contributed by atoms with Gasteiger partial charge in [-0.1, -0.05) is 37.6 Å². The Hall–Kier alpha value is -1.55. The van der Waals surface area contributed by atoms with Gasteiger partial charge in [0.1, 0.15) is 0 Å². The van der Waals surface area contributed by atoms with Crippen LogP contribution in [0.4, 0.5) is 5.69 Å². The summed E-state index contributed by atoms with van der Waals surface area (Å²) in [5.41, 5.74) is 0.547. The van der Waals surface area contributed by atoms with Gasteiger partial charge in [0, 0.05) is 6.42 Å². The molecule has 1 atom stereocenters. The normalized spacial score (nSPS) is 12.2.